The summed E-state index contributed by atoms with van der Waals surface area (Å²) in [6, 6.07) is 7.18. The van der Waals surface area contributed by atoms with Crippen LogP contribution in [0.1, 0.15) is 106 Å². The number of hydrogen-bond acceptors (Lipinski definition) is 5. The summed E-state index contributed by atoms with van der Waals surface area (Å²) in [5, 5.41) is 13.3. The number of fused-ring (bicyclic) bond motifs is 3. The molecule has 0 spiro atoms. The molecule has 3 heterocycles. The summed E-state index contributed by atoms with van der Waals surface area (Å²) >= 11 is 0. The van der Waals surface area contributed by atoms with E-state index in [1.165, 1.54) is 6.07 Å². The second-order valence-corrected chi connectivity index (χ2v) is 16.9. The molecule has 3 aromatic rings. The van der Waals surface area contributed by atoms with E-state index in [0.717, 1.165) is 12.5 Å². The Morgan fingerprint density at radius 1 is 0.909 bits per heavy atom. The molecule has 1 aromatic carbocycles. The number of amides is 1. The number of carboxylic acid groups (broad SMARTS) is 1. The Labute approximate surface area is 313 Å². The number of likely N-dealkylation sites (tertiary alicyclic amines) is 1. The van der Waals surface area contributed by atoms with Gasteiger partial charge in [-0.25, -0.2) is 27.3 Å². The van der Waals surface area contributed by atoms with Gasteiger partial charge in [0.2, 0.25) is 5.92 Å². The van der Waals surface area contributed by atoms with E-state index in [0.29, 0.717) is 60.7 Å². The van der Waals surface area contributed by atoms with Gasteiger partial charge in [-0.2, -0.15) is 13.2 Å². The van der Waals surface area contributed by atoms with Crippen LogP contribution in [0.3, 0.4) is 0 Å². The molecule has 1 saturated heterocycles. The lowest BCUT2D eigenvalue weighted by Gasteiger charge is -2.46. The quantitative estimate of drug-likeness (QED) is 0.222. The van der Waals surface area contributed by atoms with E-state index < -0.39 is 52.6 Å². The van der Waals surface area contributed by atoms with Gasteiger partial charge in [0.15, 0.2) is 5.69 Å². The Morgan fingerprint density at radius 3 is 2.27 bits per heavy atom. The first kappa shape index (κ1) is 38.0. The Kier molecular flexibility index (Phi) is 9.44. The normalized spacial score (nSPS) is 30.9. The molecule has 15 heteroatoms. The topological polar surface area (TPSA) is 96.7 Å². The fourth-order valence-electron chi connectivity index (χ4n) is 10.3. The van der Waals surface area contributed by atoms with Crippen molar-refractivity contribution in [2.24, 2.45) is 17.8 Å². The zero-order valence-corrected chi connectivity index (χ0v) is 30.5. The van der Waals surface area contributed by atoms with Gasteiger partial charge in [-0.05, 0) is 106 Å². The van der Waals surface area contributed by atoms with Gasteiger partial charge >= 0.3 is 12.1 Å². The van der Waals surface area contributed by atoms with Crippen molar-refractivity contribution in [1.82, 2.24) is 19.8 Å². The minimum absolute atomic E-state index is 0.0508. The number of carboxylic acids is 1. The molecule has 2 aromatic heterocycles. The number of benzene rings is 1. The number of hydrogen-bond donors (Lipinski definition) is 2. The molecule has 5 fully saturated rings. The second-order valence-electron chi connectivity index (χ2n) is 16.9. The average Bonchev–Trinajstić information content (AvgIpc) is 3.61. The van der Waals surface area contributed by atoms with Crippen LogP contribution in [0.15, 0.2) is 36.5 Å². The van der Waals surface area contributed by atoms with E-state index >= 15 is 0 Å². The van der Waals surface area contributed by atoms with Crippen LogP contribution in [-0.2, 0) is 11.0 Å². The molecule has 5 aliphatic rings. The summed E-state index contributed by atoms with van der Waals surface area (Å²) in [5.74, 6) is -7.48. The molecule has 55 heavy (non-hydrogen) atoms. The third kappa shape index (κ3) is 7.30. The molecule has 298 valence electrons. The van der Waals surface area contributed by atoms with Crippen molar-refractivity contribution < 1.29 is 50.2 Å². The second kappa shape index (κ2) is 13.7. The minimum Gasteiger partial charge on any atom is -0.490 e. The summed E-state index contributed by atoms with van der Waals surface area (Å²) in [6.45, 7) is 1.55. The molecule has 4 aliphatic carbocycles. The zero-order chi connectivity index (χ0) is 39.1. The smallest absolute Gasteiger partial charge is 0.434 e. The van der Waals surface area contributed by atoms with Crippen molar-refractivity contribution in [2.75, 3.05) is 13.1 Å². The fraction of sp³-hybridized carbons (Fsp3) is 0.625. The number of pyridine rings is 1. The van der Waals surface area contributed by atoms with Gasteiger partial charge in [0, 0.05) is 48.1 Å². The molecule has 8 nitrogen and oxygen atoms in total. The van der Waals surface area contributed by atoms with E-state index in [9.17, 15) is 45.4 Å². The number of nitrogens with one attached hydrogen (secondary N) is 1. The Hall–Kier alpha value is -3.88. The highest BCUT2D eigenvalue weighted by molar-refractivity contribution is 6.00. The van der Waals surface area contributed by atoms with E-state index in [1.54, 1.807) is 33.9 Å². The van der Waals surface area contributed by atoms with Crippen molar-refractivity contribution in [1.29, 1.82) is 0 Å². The van der Waals surface area contributed by atoms with Gasteiger partial charge in [0.25, 0.3) is 11.8 Å². The van der Waals surface area contributed by atoms with Gasteiger partial charge in [0.05, 0.1) is 36.0 Å². The first-order chi connectivity index (χ1) is 25.9. The van der Waals surface area contributed by atoms with Gasteiger partial charge in [-0.15, -0.1) is 0 Å². The highest BCUT2D eigenvalue weighted by Gasteiger charge is 2.56. The molecule has 2 N–H and O–H groups in total. The van der Waals surface area contributed by atoms with Crippen LogP contribution in [0.4, 0.5) is 30.7 Å². The van der Waals surface area contributed by atoms with Gasteiger partial charge in [-0.3, -0.25) is 9.69 Å². The summed E-state index contributed by atoms with van der Waals surface area (Å²) in [6.07, 6.45) is 0.801. The SMILES string of the molecule is CC1CC2CC(C1)C(NC(=O)c1ccc(-c3cn(C4CCC(F)(F)CC4)c4cc(O[C@H]5CC[C@H](N6CC(F)(F)C6)CC5)ccc34)nc1C(F)(F)F)(C(=O)O)C2. The monoisotopic (exact) mass is 778 g/mol. The fourth-order valence-corrected chi connectivity index (χ4v) is 10.3. The Balaban J connectivity index is 1.09. The number of carbonyl (C=O) groups is 2. The zero-order valence-electron chi connectivity index (χ0n) is 30.5. The number of carbonyl (C=O) groups excluding carboxylic acids is 1. The third-order valence-corrected chi connectivity index (χ3v) is 13.0. The van der Waals surface area contributed by atoms with Gasteiger partial charge in [-0.1, -0.05) is 6.92 Å². The van der Waals surface area contributed by atoms with Gasteiger partial charge < -0.3 is 19.7 Å². The lowest BCUT2D eigenvalue weighted by molar-refractivity contribution is -0.151. The number of aliphatic carboxylic acids is 1. The maximum Gasteiger partial charge on any atom is 0.434 e. The van der Waals surface area contributed by atoms with E-state index in [4.69, 9.17) is 4.74 Å². The maximum atomic E-state index is 14.7. The number of rotatable bonds is 8. The molecule has 2 bridgehead atoms. The van der Waals surface area contributed by atoms with Crippen molar-refractivity contribution in [3.8, 4) is 17.0 Å². The predicted octanol–water partition coefficient (Wildman–Crippen LogP) is 9.12. The molecule has 4 atom stereocenters. The van der Waals surface area contributed by atoms with Crippen molar-refractivity contribution in [2.45, 2.75) is 126 Å². The summed E-state index contributed by atoms with van der Waals surface area (Å²) in [5.41, 5.74) is -3.11. The predicted molar refractivity (Wildman–Crippen MR) is 188 cm³/mol. The van der Waals surface area contributed by atoms with Crippen LogP contribution in [0, 0.1) is 17.8 Å². The number of ether oxygens (including phenoxy) is 1. The highest BCUT2D eigenvalue weighted by atomic mass is 19.4. The molecular weight excluding hydrogens is 733 g/mol. The summed E-state index contributed by atoms with van der Waals surface area (Å²) in [7, 11) is 0. The van der Waals surface area contributed by atoms with Crippen molar-refractivity contribution >= 4 is 22.8 Å². The molecule has 8 rings (SSSR count). The van der Waals surface area contributed by atoms with E-state index in [1.807, 2.05) is 6.92 Å². The lowest BCUT2D eigenvalue weighted by atomic mass is 9.78. The first-order valence-corrected chi connectivity index (χ1v) is 19.4. The molecule has 0 radical (unpaired) electrons. The van der Waals surface area contributed by atoms with Crippen LogP contribution < -0.4 is 10.1 Å². The average molecular weight is 779 g/mol. The maximum absolute atomic E-state index is 14.7. The Bertz CT molecular complexity index is 1960. The molecule has 1 amide bonds. The highest BCUT2D eigenvalue weighted by Crippen LogP contribution is 2.51. The number of alkyl halides is 7. The van der Waals surface area contributed by atoms with Crippen LogP contribution in [0.5, 0.6) is 5.75 Å². The van der Waals surface area contributed by atoms with E-state index in [2.05, 4.69) is 10.3 Å². The number of halogens is 7. The third-order valence-electron chi connectivity index (χ3n) is 13.0. The molecule has 1 aliphatic heterocycles. The molecule has 4 saturated carbocycles. The largest absolute Gasteiger partial charge is 0.490 e. The summed E-state index contributed by atoms with van der Waals surface area (Å²) < 4.78 is 108. The minimum atomic E-state index is -5.07. The standard InChI is InChI=1S/C40H45F7N4O4/c1-22-14-23-16-24(15-22)39(18-23,36(53)54)49-35(52)30-8-9-32(48-34(30)40(45,46)47)31-19-51(26-10-12-37(41,42)13-11-26)33-17-28(6-7-29(31)33)55-27-4-2-25(3-5-27)50-20-38(43,44)21-50/h6-9,17,19,22-27H,2-5,10-16,18,20-21H2,1H3,(H,49,52)(H,53,54)/t22?,23?,24?,25-,27-,39?. The number of nitrogens with zero attached hydrogens (tertiary/aromatic N) is 3. The van der Waals surface area contributed by atoms with Crippen LogP contribution >= 0.6 is 0 Å². The Morgan fingerprint density at radius 2 is 1.62 bits per heavy atom. The van der Waals surface area contributed by atoms with Crippen LogP contribution in [0.25, 0.3) is 22.2 Å². The van der Waals surface area contributed by atoms with Gasteiger partial charge in [0.1, 0.15) is 11.3 Å². The van der Waals surface area contributed by atoms with Crippen molar-refractivity contribution in [3.05, 3.63) is 47.8 Å². The molecule has 4 unspecified atom stereocenters. The van der Waals surface area contributed by atoms with Crippen LogP contribution in [0.2, 0.25) is 0 Å². The van der Waals surface area contributed by atoms with Crippen LogP contribution in [-0.4, -0.2) is 74.1 Å². The van der Waals surface area contributed by atoms with E-state index in [-0.39, 0.29) is 80.9 Å². The molecular formula is C40H45F7N4O4. The first-order valence-electron chi connectivity index (χ1n) is 19.4. The van der Waals surface area contributed by atoms with Crippen molar-refractivity contribution in [3.63, 3.8) is 0 Å². The summed E-state index contributed by atoms with van der Waals surface area (Å²) in [4.78, 5) is 32.1. The lowest BCUT2D eigenvalue weighted by Crippen LogP contribution is -2.60. The number of aromatic nitrogens is 2.